The fourth-order valence-electron chi connectivity index (χ4n) is 2.89. The Kier molecular flexibility index (Phi) is 6.68. The Morgan fingerprint density at radius 1 is 1.00 bits per heavy atom. The van der Waals surface area contributed by atoms with Crippen LogP contribution in [0.1, 0.15) is 31.9 Å². The number of aromatic nitrogens is 3. The van der Waals surface area contributed by atoms with E-state index in [9.17, 15) is 0 Å². The summed E-state index contributed by atoms with van der Waals surface area (Å²) in [5, 5.41) is 9.85. The topological polar surface area (TPSA) is 30.7 Å². The van der Waals surface area contributed by atoms with Gasteiger partial charge in [-0.25, -0.2) is 0 Å². The fraction of sp³-hybridized carbons (Fsp3) is 0.304. The Hall–Kier alpha value is -1.98. The van der Waals surface area contributed by atoms with Gasteiger partial charge < -0.3 is 0 Å². The van der Waals surface area contributed by atoms with Crippen LogP contribution in [0, 0.1) is 0 Å². The summed E-state index contributed by atoms with van der Waals surface area (Å²) in [5.74, 6) is 1.76. The van der Waals surface area contributed by atoms with Crippen LogP contribution in [-0.4, -0.2) is 21.0 Å². The number of nitrogens with zero attached hydrogens (tertiary/aromatic N) is 3. The van der Waals surface area contributed by atoms with Gasteiger partial charge in [-0.15, -0.1) is 28.5 Å². The van der Waals surface area contributed by atoms with E-state index >= 15 is 0 Å². The Morgan fingerprint density at radius 3 is 2.25 bits per heavy atom. The third-order valence-electron chi connectivity index (χ3n) is 4.56. The van der Waals surface area contributed by atoms with Gasteiger partial charge in [0.25, 0.3) is 0 Å². The Morgan fingerprint density at radius 2 is 1.68 bits per heavy atom. The van der Waals surface area contributed by atoms with Crippen molar-refractivity contribution in [1.82, 2.24) is 14.8 Å². The minimum atomic E-state index is 0.139. The number of rotatable bonds is 7. The lowest BCUT2D eigenvalue weighted by Crippen LogP contribution is -2.10. The first-order chi connectivity index (χ1) is 13.4. The van der Waals surface area contributed by atoms with E-state index in [1.165, 1.54) is 16.0 Å². The van der Waals surface area contributed by atoms with Crippen molar-refractivity contribution in [3.63, 3.8) is 0 Å². The van der Waals surface area contributed by atoms with E-state index in [4.69, 9.17) is 0 Å². The predicted molar refractivity (Wildman–Crippen MR) is 122 cm³/mol. The average Bonchev–Trinajstić information content (AvgIpc) is 3.09. The van der Waals surface area contributed by atoms with E-state index in [0.29, 0.717) is 6.54 Å². The molecular formula is C23H27N3S2. The summed E-state index contributed by atoms with van der Waals surface area (Å²) in [6, 6.07) is 17.3. The van der Waals surface area contributed by atoms with Gasteiger partial charge >= 0.3 is 0 Å². The zero-order valence-corrected chi connectivity index (χ0v) is 18.6. The lowest BCUT2D eigenvalue weighted by atomic mass is 9.87. The molecule has 0 spiro atoms. The van der Waals surface area contributed by atoms with Crippen LogP contribution >= 0.6 is 23.5 Å². The van der Waals surface area contributed by atoms with Gasteiger partial charge in [0.05, 0.1) is 0 Å². The molecule has 3 rings (SSSR count). The molecule has 0 aliphatic rings. The molecule has 1 aromatic heterocycles. The second kappa shape index (κ2) is 9.01. The van der Waals surface area contributed by atoms with Crippen molar-refractivity contribution in [2.45, 2.75) is 48.5 Å². The Bertz CT molecular complexity index is 920. The molecule has 0 bridgehead atoms. The number of hydrogen-bond acceptors (Lipinski definition) is 4. The molecule has 1 heterocycles. The van der Waals surface area contributed by atoms with Crippen LogP contribution in [0.2, 0.25) is 0 Å². The molecule has 5 heteroatoms. The molecule has 0 aliphatic carbocycles. The van der Waals surface area contributed by atoms with E-state index in [1.54, 1.807) is 23.5 Å². The molecule has 0 aliphatic heterocycles. The summed E-state index contributed by atoms with van der Waals surface area (Å²) in [7, 11) is 0. The van der Waals surface area contributed by atoms with Gasteiger partial charge in [-0.2, -0.15) is 0 Å². The van der Waals surface area contributed by atoms with Gasteiger partial charge in [-0.3, -0.25) is 4.57 Å². The minimum Gasteiger partial charge on any atom is -0.298 e. The summed E-state index contributed by atoms with van der Waals surface area (Å²) in [4.78, 5) is 1.28. The molecule has 3 aromatic rings. The van der Waals surface area contributed by atoms with Gasteiger partial charge in [0.15, 0.2) is 11.0 Å². The Balaban J connectivity index is 1.81. The molecule has 0 N–H and O–H groups in total. The van der Waals surface area contributed by atoms with Crippen LogP contribution in [0.4, 0.5) is 0 Å². The number of hydrogen-bond donors (Lipinski definition) is 0. The first-order valence-corrected chi connectivity index (χ1v) is 11.5. The van der Waals surface area contributed by atoms with Crippen LogP contribution in [0.25, 0.3) is 11.4 Å². The van der Waals surface area contributed by atoms with Crippen molar-refractivity contribution < 1.29 is 0 Å². The highest BCUT2D eigenvalue weighted by Gasteiger charge is 2.16. The van der Waals surface area contributed by atoms with Gasteiger partial charge in [0.1, 0.15) is 0 Å². The third kappa shape index (κ3) is 4.89. The van der Waals surface area contributed by atoms with Crippen LogP contribution in [0.15, 0.2) is 71.2 Å². The van der Waals surface area contributed by atoms with Gasteiger partial charge in [-0.05, 0) is 34.9 Å². The van der Waals surface area contributed by atoms with Crippen molar-refractivity contribution in [3.05, 3.63) is 72.3 Å². The smallest absolute Gasteiger partial charge is 0.192 e. The molecule has 146 valence electrons. The summed E-state index contributed by atoms with van der Waals surface area (Å²) in [5.41, 5.74) is 3.82. The number of allylic oxidation sites excluding steroid dienone is 1. The maximum atomic E-state index is 4.48. The zero-order valence-electron chi connectivity index (χ0n) is 17.0. The van der Waals surface area contributed by atoms with E-state index < -0.39 is 0 Å². The lowest BCUT2D eigenvalue weighted by molar-refractivity contribution is 0.590. The second-order valence-electron chi connectivity index (χ2n) is 7.67. The zero-order chi connectivity index (χ0) is 20.1. The molecule has 28 heavy (non-hydrogen) atoms. The molecular weight excluding hydrogens is 382 g/mol. The third-order valence-corrected chi connectivity index (χ3v) is 6.35. The highest BCUT2D eigenvalue weighted by atomic mass is 32.2. The van der Waals surface area contributed by atoms with E-state index in [1.807, 2.05) is 6.08 Å². The van der Waals surface area contributed by atoms with E-state index in [0.717, 1.165) is 22.3 Å². The normalized spacial score (nSPS) is 11.6. The molecule has 2 aromatic carbocycles. The largest absolute Gasteiger partial charge is 0.298 e. The summed E-state index contributed by atoms with van der Waals surface area (Å²) >= 11 is 3.47. The highest BCUT2D eigenvalue weighted by molar-refractivity contribution is 7.98. The summed E-state index contributed by atoms with van der Waals surface area (Å²) in [6.45, 7) is 11.3. The van der Waals surface area contributed by atoms with Crippen molar-refractivity contribution >= 4 is 23.5 Å². The van der Waals surface area contributed by atoms with Crippen molar-refractivity contribution in [2.24, 2.45) is 0 Å². The van der Waals surface area contributed by atoms with Crippen LogP contribution < -0.4 is 0 Å². The van der Waals surface area contributed by atoms with E-state index in [2.05, 4.69) is 96.9 Å². The average molecular weight is 410 g/mol. The van der Waals surface area contributed by atoms with Crippen LogP contribution in [0.5, 0.6) is 0 Å². The van der Waals surface area contributed by atoms with E-state index in [-0.39, 0.29) is 5.41 Å². The van der Waals surface area contributed by atoms with Gasteiger partial charge in [-0.1, -0.05) is 75.0 Å². The lowest BCUT2D eigenvalue weighted by Gasteiger charge is -2.19. The molecule has 0 unspecified atom stereocenters. The predicted octanol–water partition coefficient (Wildman–Crippen LogP) is 6.44. The monoisotopic (exact) mass is 409 g/mol. The molecule has 0 amide bonds. The quantitative estimate of drug-likeness (QED) is 0.332. The SMILES string of the molecule is C=CCn1c(SCc2ccc(SC)cc2)nnc1-c1ccc(C(C)(C)C)cc1. The number of benzene rings is 2. The first-order valence-electron chi connectivity index (χ1n) is 9.33. The van der Waals surface area contributed by atoms with Crippen molar-refractivity contribution in [3.8, 4) is 11.4 Å². The van der Waals surface area contributed by atoms with Crippen LogP contribution in [-0.2, 0) is 17.7 Å². The maximum absolute atomic E-state index is 4.48. The van der Waals surface area contributed by atoms with Gasteiger partial charge in [0.2, 0.25) is 0 Å². The second-order valence-corrected chi connectivity index (χ2v) is 9.49. The fourth-order valence-corrected chi connectivity index (χ4v) is 4.20. The van der Waals surface area contributed by atoms with Crippen molar-refractivity contribution in [1.29, 1.82) is 0 Å². The highest BCUT2D eigenvalue weighted by Crippen LogP contribution is 2.29. The standard InChI is InChI=1S/C23H27N3S2/c1-6-15-26-21(18-9-11-19(12-10-18)23(2,3)4)24-25-22(26)28-16-17-7-13-20(27-5)14-8-17/h6-14H,1,15-16H2,2-5H3. The molecule has 0 radical (unpaired) electrons. The van der Waals surface area contributed by atoms with Crippen LogP contribution in [0.3, 0.4) is 0 Å². The molecule has 0 saturated carbocycles. The summed E-state index contributed by atoms with van der Waals surface area (Å²) < 4.78 is 2.14. The molecule has 0 fully saturated rings. The molecule has 3 nitrogen and oxygen atoms in total. The molecule has 0 atom stereocenters. The minimum absolute atomic E-state index is 0.139. The maximum Gasteiger partial charge on any atom is 0.192 e. The van der Waals surface area contributed by atoms with Crippen molar-refractivity contribution in [2.75, 3.05) is 6.26 Å². The first kappa shape index (κ1) is 20.7. The molecule has 0 saturated heterocycles. The number of thioether (sulfide) groups is 2. The summed E-state index contributed by atoms with van der Waals surface area (Å²) in [6.07, 6.45) is 3.99. The van der Waals surface area contributed by atoms with Gasteiger partial charge in [0, 0.05) is 22.8 Å². The Labute approximate surface area is 176 Å².